The van der Waals surface area contributed by atoms with E-state index >= 15 is 0 Å². The van der Waals surface area contributed by atoms with Crippen molar-refractivity contribution in [2.24, 2.45) is 5.73 Å². The van der Waals surface area contributed by atoms with E-state index in [1.54, 1.807) is 18.5 Å². The van der Waals surface area contributed by atoms with Crippen LogP contribution in [0.15, 0.2) is 18.5 Å². The van der Waals surface area contributed by atoms with Crippen LogP contribution >= 0.6 is 0 Å². The number of nitrogens with two attached hydrogens (primary N) is 1. The van der Waals surface area contributed by atoms with Gasteiger partial charge in [0.25, 0.3) is 5.91 Å². The Hall–Kier alpha value is -1.29. The predicted molar refractivity (Wildman–Crippen MR) is 51.4 cm³/mol. The van der Waals surface area contributed by atoms with Crippen LogP contribution in [0.1, 0.15) is 24.2 Å². The SMILES string of the molecule is CC(C)(N)CNC(=O)c1cc[nH]c1. The van der Waals surface area contributed by atoms with Crippen LogP contribution in [0.4, 0.5) is 0 Å². The molecule has 0 fully saturated rings. The lowest BCUT2D eigenvalue weighted by atomic mass is 10.1. The molecule has 0 unspecified atom stereocenters. The lowest BCUT2D eigenvalue weighted by Crippen LogP contribution is -2.45. The minimum Gasteiger partial charge on any atom is -0.367 e. The number of carbonyl (C=O) groups is 1. The fraction of sp³-hybridized carbons (Fsp3) is 0.444. The molecule has 0 aliphatic carbocycles. The van der Waals surface area contributed by atoms with E-state index in [9.17, 15) is 4.79 Å². The molecule has 0 atom stereocenters. The van der Waals surface area contributed by atoms with E-state index in [4.69, 9.17) is 5.73 Å². The molecule has 0 aliphatic rings. The van der Waals surface area contributed by atoms with Gasteiger partial charge in [-0.3, -0.25) is 4.79 Å². The Bertz CT molecular complexity index is 272. The highest BCUT2D eigenvalue weighted by atomic mass is 16.1. The van der Waals surface area contributed by atoms with Crippen LogP contribution in [0.25, 0.3) is 0 Å². The summed E-state index contributed by atoms with van der Waals surface area (Å²) < 4.78 is 0. The lowest BCUT2D eigenvalue weighted by molar-refractivity contribution is 0.0946. The molecule has 4 heteroatoms. The molecule has 1 rings (SSSR count). The summed E-state index contributed by atoms with van der Waals surface area (Å²) in [5, 5.41) is 2.74. The molecule has 1 aromatic rings. The van der Waals surface area contributed by atoms with Crippen LogP contribution in [-0.4, -0.2) is 23.0 Å². The van der Waals surface area contributed by atoms with E-state index < -0.39 is 0 Å². The van der Waals surface area contributed by atoms with Crippen molar-refractivity contribution in [3.63, 3.8) is 0 Å². The fourth-order valence-electron chi connectivity index (χ4n) is 0.875. The Morgan fingerprint density at radius 3 is 2.85 bits per heavy atom. The summed E-state index contributed by atoms with van der Waals surface area (Å²) in [6, 6.07) is 1.72. The second kappa shape index (κ2) is 3.62. The average molecular weight is 181 g/mol. The lowest BCUT2D eigenvalue weighted by Gasteiger charge is -2.18. The molecule has 4 nitrogen and oxygen atoms in total. The molecule has 4 N–H and O–H groups in total. The smallest absolute Gasteiger partial charge is 0.252 e. The number of aromatic nitrogens is 1. The third-order valence-electron chi connectivity index (χ3n) is 1.56. The van der Waals surface area contributed by atoms with Crippen LogP contribution < -0.4 is 11.1 Å². The molecule has 0 saturated heterocycles. The van der Waals surface area contributed by atoms with Gasteiger partial charge in [-0.2, -0.15) is 0 Å². The van der Waals surface area contributed by atoms with Crippen molar-refractivity contribution in [3.05, 3.63) is 24.0 Å². The van der Waals surface area contributed by atoms with Gasteiger partial charge in [0.15, 0.2) is 0 Å². The number of nitrogens with one attached hydrogen (secondary N) is 2. The summed E-state index contributed by atoms with van der Waals surface area (Å²) in [6.45, 7) is 4.20. The van der Waals surface area contributed by atoms with E-state index in [1.807, 2.05) is 13.8 Å². The summed E-state index contributed by atoms with van der Waals surface area (Å²) in [6.07, 6.45) is 3.36. The third kappa shape index (κ3) is 3.29. The molecule has 0 aliphatic heterocycles. The number of carbonyl (C=O) groups excluding carboxylic acids is 1. The summed E-state index contributed by atoms with van der Waals surface area (Å²) in [5.74, 6) is -0.0974. The normalized spacial score (nSPS) is 11.3. The third-order valence-corrected chi connectivity index (χ3v) is 1.56. The van der Waals surface area contributed by atoms with E-state index in [-0.39, 0.29) is 11.4 Å². The summed E-state index contributed by atoms with van der Waals surface area (Å²) in [5.41, 5.74) is 5.97. The number of amides is 1. The van der Waals surface area contributed by atoms with Gasteiger partial charge in [0.2, 0.25) is 0 Å². The largest absolute Gasteiger partial charge is 0.367 e. The number of aromatic amines is 1. The molecule has 72 valence electrons. The van der Waals surface area contributed by atoms with Crippen molar-refractivity contribution in [1.82, 2.24) is 10.3 Å². The molecular formula is C9H15N3O. The standard InChI is InChI=1S/C9H15N3O/c1-9(2,10)6-12-8(13)7-3-4-11-5-7/h3-5,11H,6,10H2,1-2H3,(H,12,13). The van der Waals surface area contributed by atoms with Gasteiger partial charge in [-0.1, -0.05) is 0 Å². The van der Waals surface area contributed by atoms with Crippen LogP contribution in [-0.2, 0) is 0 Å². The second-order valence-corrected chi connectivity index (χ2v) is 3.77. The van der Waals surface area contributed by atoms with Gasteiger partial charge in [-0.15, -0.1) is 0 Å². The molecule has 1 amide bonds. The van der Waals surface area contributed by atoms with Crippen molar-refractivity contribution >= 4 is 5.91 Å². The van der Waals surface area contributed by atoms with Crippen LogP contribution in [0.2, 0.25) is 0 Å². The Kier molecular flexibility index (Phi) is 2.72. The second-order valence-electron chi connectivity index (χ2n) is 3.77. The number of hydrogen-bond donors (Lipinski definition) is 3. The Balaban J connectivity index is 2.44. The molecule has 1 aromatic heterocycles. The summed E-state index contributed by atoms with van der Waals surface area (Å²) in [7, 11) is 0. The Morgan fingerprint density at radius 1 is 1.69 bits per heavy atom. The zero-order valence-corrected chi connectivity index (χ0v) is 7.92. The number of rotatable bonds is 3. The van der Waals surface area contributed by atoms with E-state index in [0.717, 1.165) is 0 Å². The highest BCUT2D eigenvalue weighted by Crippen LogP contribution is 1.98. The summed E-state index contributed by atoms with van der Waals surface area (Å²) >= 11 is 0. The van der Waals surface area contributed by atoms with E-state index in [0.29, 0.717) is 12.1 Å². The average Bonchev–Trinajstić information content (AvgIpc) is 2.50. The van der Waals surface area contributed by atoms with Gasteiger partial charge in [0, 0.05) is 24.5 Å². The molecule has 0 aromatic carbocycles. The van der Waals surface area contributed by atoms with Gasteiger partial charge in [-0.25, -0.2) is 0 Å². The number of hydrogen-bond acceptors (Lipinski definition) is 2. The minimum atomic E-state index is -0.369. The van der Waals surface area contributed by atoms with Crippen molar-refractivity contribution in [2.45, 2.75) is 19.4 Å². The van der Waals surface area contributed by atoms with Crippen LogP contribution in [0.3, 0.4) is 0 Å². The summed E-state index contributed by atoms with van der Waals surface area (Å²) in [4.78, 5) is 14.2. The fourth-order valence-corrected chi connectivity index (χ4v) is 0.875. The highest BCUT2D eigenvalue weighted by Gasteiger charge is 2.12. The first-order valence-corrected chi connectivity index (χ1v) is 4.19. The molecule has 0 spiro atoms. The zero-order valence-electron chi connectivity index (χ0n) is 7.92. The van der Waals surface area contributed by atoms with Crippen molar-refractivity contribution in [1.29, 1.82) is 0 Å². The molecule has 1 heterocycles. The maximum absolute atomic E-state index is 11.4. The van der Waals surface area contributed by atoms with Crippen molar-refractivity contribution in [2.75, 3.05) is 6.54 Å². The quantitative estimate of drug-likeness (QED) is 0.634. The Morgan fingerprint density at radius 2 is 2.38 bits per heavy atom. The zero-order chi connectivity index (χ0) is 9.90. The minimum absolute atomic E-state index is 0.0974. The maximum Gasteiger partial charge on any atom is 0.252 e. The van der Waals surface area contributed by atoms with Gasteiger partial charge in [0.1, 0.15) is 0 Å². The number of H-pyrrole nitrogens is 1. The first-order valence-electron chi connectivity index (χ1n) is 4.19. The molecule has 0 saturated carbocycles. The monoisotopic (exact) mass is 181 g/mol. The molecule has 0 bridgehead atoms. The molecule has 13 heavy (non-hydrogen) atoms. The maximum atomic E-state index is 11.4. The highest BCUT2D eigenvalue weighted by molar-refractivity contribution is 5.93. The van der Waals surface area contributed by atoms with E-state index in [2.05, 4.69) is 10.3 Å². The van der Waals surface area contributed by atoms with Gasteiger partial charge < -0.3 is 16.0 Å². The molecular weight excluding hydrogens is 166 g/mol. The van der Waals surface area contributed by atoms with Gasteiger partial charge >= 0.3 is 0 Å². The topological polar surface area (TPSA) is 70.9 Å². The predicted octanol–water partition coefficient (Wildman–Crippen LogP) is 0.482. The first kappa shape index (κ1) is 9.80. The molecule has 0 radical (unpaired) electrons. The van der Waals surface area contributed by atoms with Crippen LogP contribution in [0.5, 0.6) is 0 Å². The first-order chi connectivity index (χ1) is 5.99. The van der Waals surface area contributed by atoms with Gasteiger partial charge in [0.05, 0.1) is 5.56 Å². The van der Waals surface area contributed by atoms with Gasteiger partial charge in [-0.05, 0) is 19.9 Å². The Labute approximate surface area is 77.5 Å². The van der Waals surface area contributed by atoms with Crippen LogP contribution in [0, 0.1) is 0 Å². The van der Waals surface area contributed by atoms with E-state index in [1.165, 1.54) is 0 Å². The van der Waals surface area contributed by atoms with Crippen molar-refractivity contribution in [3.8, 4) is 0 Å². The van der Waals surface area contributed by atoms with Crippen molar-refractivity contribution < 1.29 is 4.79 Å².